The second-order valence-corrected chi connectivity index (χ2v) is 5.53. The van der Waals surface area contributed by atoms with Crippen LogP contribution in [0.3, 0.4) is 0 Å². The lowest BCUT2D eigenvalue weighted by molar-refractivity contribution is -0.151. The van der Waals surface area contributed by atoms with Crippen LogP contribution < -0.4 is 5.32 Å². The highest BCUT2D eigenvalue weighted by Crippen LogP contribution is 2.23. The Morgan fingerprint density at radius 3 is 2.53 bits per heavy atom. The van der Waals surface area contributed by atoms with Crippen LogP contribution in [0.25, 0.3) is 0 Å². The van der Waals surface area contributed by atoms with Crippen molar-refractivity contribution in [3.8, 4) is 0 Å². The Morgan fingerprint density at radius 1 is 1.26 bits per heavy atom. The molecule has 0 aromatic carbocycles. The van der Waals surface area contributed by atoms with Crippen molar-refractivity contribution in [3.63, 3.8) is 0 Å². The molecule has 0 aromatic rings. The molecular weight excluding hydrogens is 244 g/mol. The molecule has 2 rings (SSSR count). The number of amides is 2. The predicted molar refractivity (Wildman–Crippen MR) is 71.6 cm³/mol. The lowest BCUT2D eigenvalue weighted by Gasteiger charge is -2.39. The fraction of sp³-hybridized carbons (Fsp3) is 0.857. The largest absolute Gasteiger partial charge is 0.373 e. The molecule has 2 amide bonds. The monoisotopic (exact) mass is 268 g/mol. The Kier molecular flexibility index (Phi) is 4.45. The first kappa shape index (κ1) is 14.3. The number of hydrogen-bond donors (Lipinski definition) is 1. The minimum absolute atomic E-state index is 0.0278. The molecule has 2 aliphatic heterocycles. The Balaban J connectivity index is 2.08. The molecule has 2 heterocycles. The predicted octanol–water partition coefficient (Wildman–Crippen LogP) is 1.07. The molecule has 0 aliphatic carbocycles. The minimum atomic E-state index is -0.367. The van der Waals surface area contributed by atoms with Gasteiger partial charge in [0, 0.05) is 6.54 Å². The van der Waals surface area contributed by atoms with E-state index in [0.717, 1.165) is 12.8 Å². The van der Waals surface area contributed by atoms with Crippen LogP contribution in [-0.2, 0) is 14.3 Å². The van der Waals surface area contributed by atoms with Crippen LogP contribution in [0.15, 0.2) is 0 Å². The van der Waals surface area contributed by atoms with Crippen molar-refractivity contribution < 1.29 is 14.3 Å². The average Bonchev–Trinajstić information content (AvgIpc) is 2.79. The molecule has 0 saturated carbocycles. The van der Waals surface area contributed by atoms with Crippen molar-refractivity contribution in [2.24, 2.45) is 0 Å². The fourth-order valence-corrected chi connectivity index (χ4v) is 2.96. The summed E-state index contributed by atoms with van der Waals surface area (Å²) in [6.45, 7) is 6.46. The molecule has 108 valence electrons. The zero-order valence-corrected chi connectivity index (χ0v) is 12.0. The molecule has 4 unspecified atom stereocenters. The van der Waals surface area contributed by atoms with Gasteiger partial charge in [-0.3, -0.25) is 9.59 Å². The Labute approximate surface area is 114 Å². The van der Waals surface area contributed by atoms with Gasteiger partial charge in [0.15, 0.2) is 0 Å². The summed E-state index contributed by atoms with van der Waals surface area (Å²) in [5, 5.41) is 2.81. The van der Waals surface area contributed by atoms with E-state index in [1.165, 1.54) is 0 Å². The Morgan fingerprint density at radius 2 is 2.00 bits per heavy atom. The molecule has 0 bridgehead atoms. The summed E-state index contributed by atoms with van der Waals surface area (Å²) < 4.78 is 5.78. The number of piperazine rings is 1. The van der Waals surface area contributed by atoms with Crippen LogP contribution in [-0.4, -0.2) is 47.6 Å². The van der Waals surface area contributed by atoms with Crippen LogP contribution in [0.2, 0.25) is 0 Å². The van der Waals surface area contributed by atoms with E-state index < -0.39 is 0 Å². The number of carbonyl (C=O) groups is 2. The first-order valence-corrected chi connectivity index (χ1v) is 7.33. The van der Waals surface area contributed by atoms with Crippen molar-refractivity contribution in [2.45, 2.75) is 70.7 Å². The number of carbonyl (C=O) groups excluding carboxylic acids is 2. The quantitative estimate of drug-likeness (QED) is 0.829. The topological polar surface area (TPSA) is 58.6 Å². The third-order valence-electron chi connectivity index (χ3n) is 4.09. The van der Waals surface area contributed by atoms with E-state index in [1.807, 2.05) is 13.8 Å². The van der Waals surface area contributed by atoms with E-state index in [2.05, 4.69) is 12.2 Å². The maximum absolute atomic E-state index is 12.4. The first-order valence-electron chi connectivity index (χ1n) is 7.33. The van der Waals surface area contributed by atoms with E-state index in [0.29, 0.717) is 19.4 Å². The average molecular weight is 268 g/mol. The summed E-state index contributed by atoms with van der Waals surface area (Å²) >= 11 is 0. The van der Waals surface area contributed by atoms with Gasteiger partial charge in [-0.1, -0.05) is 13.8 Å². The van der Waals surface area contributed by atoms with Crippen LogP contribution in [0.1, 0.15) is 46.5 Å². The normalized spacial score (nSPS) is 35.6. The second-order valence-electron chi connectivity index (χ2n) is 5.53. The van der Waals surface area contributed by atoms with E-state index in [-0.39, 0.29) is 36.1 Å². The first-order chi connectivity index (χ1) is 9.06. The van der Waals surface area contributed by atoms with Gasteiger partial charge in [-0.05, 0) is 32.6 Å². The number of ether oxygens (including phenoxy) is 1. The van der Waals surface area contributed by atoms with Crippen molar-refractivity contribution in [2.75, 3.05) is 6.54 Å². The SMILES string of the molecule is CCC1NC(=O)C(CC)N(CC2CCC(C)O2)C1=O. The van der Waals surface area contributed by atoms with Gasteiger partial charge in [-0.15, -0.1) is 0 Å². The van der Waals surface area contributed by atoms with Crippen LogP contribution in [0.4, 0.5) is 0 Å². The number of hydrogen-bond acceptors (Lipinski definition) is 3. The standard InChI is InChI=1S/C14H24N2O3/c1-4-11-14(18)16(12(5-2)13(17)15-11)8-10-7-6-9(3)19-10/h9-12H,4-8H2,1-3H3,(H,15,17). The van der Waals surface area contributed by atoms with Crippen molar-refractivity contribution in [1.29, 1.82) is 0 Å². The summed E-state index contributed by atoms with van der Waals surface area (Å²) in [6.07, 6.45) is 3.64. The third kappa shape index (κ3) is 2.91. The van der Waals surface area contributed by atoms with Gasteiger partial charge in [-0.25, -0.2) is 0 Å². The maximum atomic E-state index is 12.4. The highest BCUT2D eigenvalue weighted by Gasteiger charge is 2.40. The summed E-state index contributed by atoms with van der Waals surface area (Å²) in [5.41, 5.74) is 0. The lowest BCUT2D eigenvalue weighted by atomic mass is 10.0. The molecule has 0 spiro atoms. The molecule has 1 N–H and O–H groups in total. The highest BCUT2D eigenvalue weighted by molar-refractivity contribution is 5.96. The molecule has 2 fully saturated rings. The Bertz CT molecular complexity index is 359. The summed E-state index contributed by atoms with van der Waals surface area (Å²) in [4.78, 5) is 26.2. The molecule has 4 atom stereocenters. The summed E-state index contributed by atoms with van der Waals surface area (Å²) in [7, 11) is 0. The number of rotatable bonds is 4. The van der Waals surface area contributed by atoms with E-state index in [1.54, 1.807) is 4.90 Å². The van der Waals surface area contributed by atoms with Gasteiger partial charge < -0.3 is 15.0 Å². The zero-order valence-electron chi connectivity index (χ0n) is 12.0. The smallest absolute Gasteiger partial charge is 0.245 e. The Hall–Kier alpha value is -1.10. The van der Waals surface area contributed by atoms with Crippen LogP contribution in [0, 0.1) is 0 Å². The van der Waals surface area contributed by atoms with Crippen molar-refractivity contribution >= 4 is 11.8 Å². The van der Waals surface area contributed by atoms with E-state index in [9.17, 15) is 9.59 Å². The zero-order chi connectivity index (χ0) is 14.0. The van der Waals surface area contributed by atoms with E-state index in [4.69, 9.17) is 4.74 Å². The molecule has 2 aliphatic rings. The molecule has 0 aromatic heterocycles. The van der Waals surface area contributed by atoms with Crippen LogP contribution in [0.5, 0.6) is 0 Å². The molecule has 5 heteroatoms. The molecule has 2 saturated heterocycles. The second kappa shape index (κ2) is 5.90. The summed E-state index contributed by atoms with van der Waals surface area (Å²) in [5.74, 6) is 0.0112. The van der Waals surface area contributed by atoms with Gasteiger partial charge in [0.05, 0.1) is 12.2 Å². The lowest BCUT2D eigenvalue weighted by Crippen LogP contribution is -2.64. The number of nitrogens with zero attached hydrogens (tertiary/aromatic N) is 1. The molecular formula is C14H24N2O3. The fourth-order valence-electron chi connectivity index (χ4n) is 2.96. The maximum Gasteiger partial charge on any atom is 0.245 e. The highest BCUT2D eigenvalue weighted by atomic mass is 16.5. The van der Waals surface area contributed by atoms with E-state index >= 15 is 0 Å². The van der Waals surface area contributed by atoms with Gasteiger partial charge in [0.1, 0.15) is 12.1 Å². The van der Waals surface area contributed by atoms with Crippen molar-refractivity contribution in [3.05, 3.63) is 0 Å². The molecule has 0 radical (unpaired) electrons. The van der Waals surface area contributed by atoms with Crippen LogP contribution >= 0.6 is 0 Å². The third-order valence-corrected chi connectivity index (χ3v) is 4.09. The summed E-state index contributed by atoms with van der Waals surface area (Å²) in [6, 6.07) is -0.705. The van der Waals surface area contributed by atoms with Gasteiger partial charge in [-0.2, -0.15) is 0 Å². The number of nitrogens with one attached hydrogen (secondary N) is 1. The molecule has 19 heavy (non-hydrogen) atoms. The van der Waals surface area contributed by atoms with Gasteiger partial charge >= 0.3 is 0 Å². The minimum Gasteiger partial charge on any atom is -0.373 e. The van der Waals surface area contributed by atoms with Gasteiger partial charge in [0.25, 0.3) is 0 Å². The van der Waals surface area contributed by atoms with Crippen molar-refractivity contribution in [1.82, 2.24) is 10.2 Å². The molecule has 5 nitrogen and oxygen atoms in total. The van der Waals surface area contributed by atoms with Gasteiger partial charge in [0.2, 0.25) is 11.8 Å².